The number of carbonyl (C=O) groups excluding carboxylic acids is 1. The number of hydrogen-bond donors (Lipinski definition) is 2. The highest BCUT2D eigenvalue weighted by molar-refractivity contribution is 9.10. The van der Waals surface area contributed by atoms with Gasteiger partial charge in [-0.25, -0.2) is 4.98 Å². The first kappa shape index (κ1) is 12.9. The highest BCUT2D eigenvalue weighted by Gasteiger charge is 2.50. The molecule has 0 radical (unpaired) electrons. The van der Waals surface area contributed by atoms with E-state index in [4.69, 9.17) is 4.74 Å². The first-order chi connectivity index (χ1) is 9.14. The Morgan fingerprint density at radius 3 is 3.00 bits per heavy atom. The van der Waals surface area contributed by atoms with Crippen molar-refractivity contribution in [3.05, 3.63) is 16.7 Å². The smallest absolute Gasteiger partial charge is 0.267 e. The molecule has 0 aromatic carbocycles. The molecule has 0 bridgehead atoms. The lowest BCUT2D eigenvalue weighted by molar-refractivity contribution is -0.134. The first-order valence-electron chi connectivity index (χ1n) is 6.43. The van der Waals surface area contributed by atoms with Gasteiger partial charge in [0.05, 0.1) is 0 Å². The summed E-state index contributed by atoms with van der Waals surface area (Å²) in [7, 11) is 1.91. The molecule has 3 rings (SSSR count). The Labute approximate surface area is 120 Å². The van der Waals surface area contributed by atoms with Crippen LogP contribution in [0.25, 0.3) is 0 Å². The van der Waals surface area contributed by atoms with Crippen LogP contribution >= 0.6 is 15.9 Å². The number of fused-ring (bicyclic) bond motifs is 1. The summed E-state index contributed by atoms with van der Waals surface area (Å²) in [5, 5.41) is 6.03. The van der Waals surface area contributed by atoms with Gasteiger partial charge in [0.15, 0.2) is 17.7 Å². The molecule has 1 atom stereocenters. The molecule has 1 fully saturated rings. The SMILES string of the molecule is CNCC1(C2Oc3ccc(Br)nc3NC2=O)CCC1. The quantitative estimate of drug-likeness (QED) is 0.833. The van der Waals surface area contributed by atoms with Crippen molar-refractivity contribution < 1.29 is 9.53 Å². The molecule has 102 valence electrons. The summed E-state index contributed by atoms with van der Waals surface area (Å²) >= 11 is 3.29. The Bertz CT molecular complexity index is 517. The molecule has 19 heavy (non-hydrogen) atoms. The second-order valence-electron chi connectivity index (χ2n) is 5.21. The molecule has 1 aliphatic heterocycles. The third-order valence-corrected chi connectivity index (χ3v) is 4.42. The minimum absolute atomic E-state index is 0.0798. The molecule has 1 aromatic rings. The molecule has 2 aliphatic rings. The molecule has 0 spiro atoms. The summed E-state index contributed by atoms with van der Waals surface area (Å²) in [6.45, 7) is 0.796. The average Bonchev–Trinajstić information content (AvgIpc) is 2.33. The van der Waals surface area contributed by atoms with E-state index in [0.717, 1.165) is 25.8 Å². The average molecular weight is 326 g/mol. The lowest BCUT2D eigenvalue weighted by atomic mass is 9.64. The number of hydrogen-bond acceptors (Lipinski definition) is 4. The van der Waals surface area contributed by atoms with Crippen molar-refractivity contribution in [1.82, 2.24) is 10.3 Å². The molecule has 1 aliphatic carbocycles. The third kappa shape index (κ3) is 2.12. The fraction of sp³-hybridized carbons (Fsp3) is 0.538. The Hall–Kier alpha value is -1.14. The highest BCUT2D eigenvalue weighted by atomic mass is 79.9. The number of ether oxygens (including phenoxy) is 1. The summed E-state index contributed by atoms with van der Waals surface area (Å²) < 4.78 is 6.61. The van der Waals surface area contributed by atoms with Crippen LogP contribution in [0.2, 0.25) is 0 Å². The maximum atomic E-state index is 12.3. The van der Waals surface area contributed by atoms with Gasteiger partial charge in [0, 0.05) is 12.0 Å². The fourth-order valence-electron chi connectivity index (χ4n) is 2.89. The summed E-state index contributed by atoms with van der Waals surface area (Å²) in [6, 6.07) is 3.66. The van der Waals surface area contributed by atoms with Gasteiger partial charge in [-0.3, -0.25) is 4.79 Å². The molecule has 5 nitrogen and oxygen atoms in total. The molecular weight excluding hydrogens is 310 g/mol. The van der Waals surface area contributed by atoms with E-state index in [9.17, 15) is 4.79 Å². The Morgan fingerprint density at radius 2 is 2.37 bits per heavy atom. The van der Waals surface area contributed by atoms with Crippen molar-refractivity contribution in [2.45, 2.75) is 25.4 Å². The van der Waals surface area contributed by atoms with Crippen LogP contribution in [0.4, 0.5) is 5.82 Å². The number of nitrogens with zero attached hydrogens (tertiary/aromatic N) is 1. The number of pyridine rings is 1. The van der Waals surface area contributed by atoms with E-state index in [1.807, 2.05) is 19.2 Å². The predicted octanol–water partition coefficient (Wildman–Crippen LogP) is 1.93. The molecular formula is C13H16BrN3O2. The van der Waals surface area contributed by atoms with Gasteiger partial charge in [-0.15, -0.1) is 0 Å². The molecule has 1 aromatic heterocycles. The van der Waals surface area contributed by atoms with Crippen molar-refractivity contribution >= 4 is 27.7 Å². The maximum absolute atomic E-state index is 12.3. The molecule has 0 saturated heterocycles. The second-order valence-corrected chi connectivity index (χ2v) is 6.03. The number of carbonyl (C=O) groups is 1. The van der Waals surface area contributed by atoms with E-state index >= 15 is 0 Å². The zero-order valence-electron chi connectivity index (χ0n) is 10.7. The van der Waals surface area contributed by atoms with Gasteiger partial charge in [-0.05, 0) is 48.0 Å². The van der Waals surface area contributed by atoms with Crippen LogP contribution in [-0.2, 0) is 4.79 Å². The second kappa shape index (κ2) is 4.76. The standard InChI is InChI=1S/C13H16BrN3O2/c1-15-7-13(5-2-6-13)10-12(18)17-11-8(19-10)3-4-9(14)16-11/h3-4,10,15H,2,5-7H2,1H3,(H,16,17,18). The van der Waals surface area contributed by atoms with Gasteiger partial charge in [0.25, 0.3) is 5.91 Å². The minimum atomic E-state index is -0.427. The monoisotopic (exact) mass is 325 g/mol. The van der Waals surface area contributed by atoms with Gasteiger partial charge in [-0.2, -0.15) is 0 Å². The van der Waals surface area contributed by atoms with E-state index in [0.29, 0.717) is 16.2 Å². The number of halogens is 1. The number of nitrogens with one attached hydrogen (secondary N) is 2. The van der Waals surface area contributed by atoms with Gasteiger partial charge in [0.2, 0.25) is 0 Å². The lowest BCUT2D eigenvalue weighted by Crippen LogP contribution is -2.56. The minimum Gasteiger partial charge on any atom is -0.476 e. The van der Waals surface area contributed by atoms with Crippen LogP contribution in [0, 0.1) is 5.41 Å². The Kier molecular flexibility index (Phi) is 3.22. The zero-order valence-corrected chi connectivity index (χ0v) is 12.3. The molecule has 1 saturated carbocycles. The van der Waals surface area contributed by atoms with E-state index in [2.05, 4.69) is 31.5 Å². The number of anilines is 1. The number of rotatable bonds is 3. The van der Waals surface area contributed by atoms with Gasteiger partial charge in [0.1, 0.15) is 4.60 Å². The summed E-state index contributed by atoms with van der Waals surface area (Å²) in [5.41, 5.74) is -0.0798. The van der Waals surface area contributed by atoms with E-state index in [1.54, 1.807) is 0 Å². The predicted molar refractivity (Wildman–Crippen MR) is 75.2 cm³/mol. The largest absolute Gasteiger partial charge is 0.476 e. The van der Waals surface area contributed by atoms with E-state index < -0.39 is 6.10 Å². The van der Waals surface area contributed by atoms with Gasteiger partial charge < -0.3 is 15.4 Å². The maximum Gasteiger partial charge on any atom is 0.267 e. The van der Waals surface area contributed by atoms with Crippen LogP contribution in [0.1, 0.15) is 19.3 Å². The number of amides is 1. The fourth-order valence-corrected chi connectivity index (χ4v) is 3.20. The molecule has 2 heterocycles. The van der Waals surface area contributed by atoms with Crippen molar-refractivity contribution in [2.24, 2.45) is 5.41 Å². The van der Waals surface area contributed by atoms with Crippen LogP contribution in [0.3, 0.4) is 0 Å². The molecule has 6 heteroatoms. The van der Waals surface area contributed by atoms with Crippen LogP contribution in [0.15, 0.2) is 16.7 Å². The normalized spacial score (nSPS) is 23.9. The van der Waals surface area contributed by atoms with Crippen molar-refractivity contribution in [2.75, 3.05) is 18.9 Å². The van der Waals surface area contributed by atoms with Crippen LogP contribution in [0.5, 0.6) is 5.75 Å². The topological polar surface area (TPSA) is 63.2 Å². The lowest BCUT2D eigenvalue weighted by Gasteiger charge is -2.47. The van der Waals surface area contributed by atoms with E-state index in [1.165, 1.54) is 0 Å². The zero-order chi connectivity index (χ0) is 13.5. The Morgan fingerprint density at radius 1 is 1.58 bits per heavy atom. The highest BCUT2D eigenvalue weighted by Crippen LogP contribution is 2.47. The van der Waals surface area contributed by atoms with Crippen molar-refractivity contribution in [1.29, 1.82) is 0 Å². The Balaban J connectivity index is 1.89. The summed E-state index contributed by atoms with van der Waals surface area (Å²) in [6.07, 6.45) is 2.76. The van der Waals surface area contributed by atoms with Gasteiger partial charge in [-0.1, -0.05) is 6.42 Å². The molecule has 1 amide bonds. The van der Waals surface area contributed by atoms with Crippen molar-refractivity contribution in [3.8, 4) is 5.75 Å². The van der Waals surface area contributed by atoms with Crippen LogP contribution in [-0.4, -0.2) is 30.6 Å². The molecule has 1 unspecified atom stereocenters. The first-order valence-corrected chi connectivity index (χ1v) is 7.23. The van der Waals surface area contributed by atoms with E-state index in [-0.39, 0.29) is 11.3 Å². The summed E-state index contributed by atoms with van der Waals surface area (Å²) in [5.74, 6) is 1.05. The van der Waals surface area contributed by atoms with Gasteiger partial charge >= 0.3 is 0 Å². The third-order valence-electron chi connectivity index (χ3n) is 3.98. The van der Waals surface area contributed by atoms with Crippen molar-refractivity contribution in [3.63, 3.8) is 0 Å². The molecule has 2 N–H and O–H groups in total. The summed E-state index contributed by atoms with van der Waals surface area (Å²) in [4.78, 5) is 16.5. The van der Waals surface area contributed by atoms with Crippen LogP contribution < -0.4 is 15.4 Å². The number of aromatic nitrogens is 1.